The van der Waals surface area contributed by atoms with Gasteiger partial charge < -0.3 is 10.4 Å². The minimum absolute atomic E-state index is 0.250. The number of carbonyl (C=O) groups excluding carboxylic acids is 2. The van der Waals surface area contributed by atoms with Crippen LogP contribution in [0.15, 0.2) is 77.9 Å². The van der Waals surface area contributed by atoms with Crippen molar-refractivity contribution in [3.63, 3.8) is 0 Å². The lowest BCUT2D eigenvalue weighted by Gasteiger charge is -2.31. The topological polar surface area (TPSA) is 94.0 Å². The molecule has 1 aromatic heterocycles. The van der Waals surface area contributed by atoms with Crippen LogP contribution in [-0.2, 0) is 6.54 Å². The van der Waals surface area contributed by atoms with E-state index in [1.165, 1.54) is 11.3 Å². The lowest BCUT2D eigenvalue weighted by molar-refractivity contribution is 0.0958. The summed E-state index contributed by atoms with van der Waals surface area (Å²) < 4.78 is 0.903. The number of aryl methyl sites for hydroxylation is 1. The van der Waals surface area contributed by atoms with Crippen LogP contribution in [0.2, 0.25) is 0 Å². The molecule has 5 rings (SSSR count). The van der Waals surface area contributed by atoms with Crippen LogP contribution in [0.4, 0.5) is 5.00 Å². The number of thiophene rings is 1. The van der Waals surface area contributed by atoms with Gasteiger partial charge in [0.15, 0.2) is 0 Å². The zero-order chi connectivity index (χ0) is 27.2. The fourth-order valence-electron chi connectivity index (χ4n) is 4.80. The molecule has 7 nitrogen and oxygen atoms in total. The van der Waals surface area contributed by atoms with Crippen molar-refractivity contribution in [3.05, 3.63) is 101 Å². The van der Waals surface area contributed by atoms with Gasteiger partial charge in [0.25, 0.3) is 11.8 Å². The quantitative estimate of drug-likeness (QED) is 0.205. The number of aliphatic hydroxyl groups is 1. The molecule has 8 heteroatoms. The summed E-state index contributed by atoms with van der Waals surface area (Å²) in [6, 6.07) is 23.0. The maximum Gasteiger partial charge on any atom is 0.275 e. The Morgan fingerprint density at radius 2 is 1.79 bits per heavy atom. The van der Waals surface area contributed by atoms with Gasteiger partial charge >= 0.3 is 0 Å². The molecule has 1 aliphatic rings. The largest absolute Gasteiger partial charge is 0.396 e. The fourth-order valence-corrected chi connectivity index (χ4v) is 5.90. The lowest BCUT2D eigenvalue weighted by Crippen LogP contribution is -2.34. The standard InChI is InChI=1S/C31H32N4O3S/c1-21-9-11-22(12-10-21)18-32-34-30(38)28-26-7-2-3-8-27(26)39-31(28)33-29(37)25-6-4-5-24(17-25)19-35-15-13-23(20-36)14-16-35/h2-12,17-18,23,36H,13-16,19-20H2,1H3,(H,33,37)(H,34,38)/b32-18+. The van der Waals surface area contributed by atoms with E-state index in [4.69, 9.17) is 0 Å². The lowest BCUT2D eigenvalue weighted by atomic mass is 9.97. The Balaban J connectivity index is 1.31. The van der Waals surface area contributed by atoms with Gasteiger partial charge in [-0.25, -0.2) is 5.43 Å². The molecule has 39 heavy (non-hydrogen) atoms. The second kappa shape index (κ2) is 12.3. The summed E-state index contributed by atoms with van der Waals surface area (Å²) in [7, 11) is 0. The Kier molecular flexibility index (Phi) is 8.46. The summed E-state index contributed by atoms with van der Waals surface area (Å²) in [6.07, 6.45) is 3.58. The molecule has 4 aromatic rings. The summed E-state index contributed by atoms with van der Waals surface area (Å²) in [6.45, 7) is 4.90. The number of piperidine rings is 1. The van der Waals surface area contributed by atoms with E-state index in [-0.39, 0.29) is 18.4 Å². The molecule has 0 aliphatic carbocycles. The Morgan fingerprint density at radius 1 is 1.03 bits per heavy atom. The van der Waals surface area contributed by atoms with Crippen LogP contribution in [0.5, 0.6) is 0 Å². The highest BCUT2D eigenvalue weighted by molar-refractivity contribution is 7.23. The van der Waals surface area contributed by atoms with Crippen LogP contribution in [-0.4, -0.2) is 47.7 Å². The molecule has 3 aromatic carbocycles. The molecule has 0 atom stereocenters. The number of rotatable bonds is 8. The minimum atomic E-state index is -0.383. The highest BCUT2D eigenvalue weighted by atomic mass is 32.1. The molecule has 1 saturated heterocycles. The zero-order valence-electron chi connectivity index (χ0n) is 21.9. The molecule has 0 spiro atoms. The highest BCUT2D eigenvalue weighted by Crippen LogP contribution is 2.36. The molecule has 200 valence electrons. The SMILES string of the molecule is Cc1ccc(/C=N/NC(=O)c2c(NC(=O)c3cccc(CN4CCC(CO)CC4)c3)sc3ccccc23)cc1. The number of benzene rings is 3. The molecule has 0 radical (unpaired) electrons. The van der Waals surface area contributed by atoms with E-state index >= 15 is 0 Å². The number of hydrogen-bond acceptors (Lipinski definition) is 6. The van der Waals surface area contributed by atoms with Crippen LogP contribution < -0.4 is 10.7 Å². The molecule has 0 unspecified atom stereocenters. The number of likely N-dealkylation sites (tertiary alicyclic amines) is 1. The predicted octanol–water partition coefficient (Wildman–Crippen LogP) is 5.43. The Labute approximate surface area is 232 Å². The van der Waals surface area contributed by atoms with Gasteiger partial charge in [-0.05, 0) is 68.1 Å². The van der Waals surface area contributed by atoms with E-state index < -0.39 is 0 Å². The summed E-state index contributed by atoms with van der Waals surface area (Å²) in [4.78, 5) is 28.9. The van der Waals surface area contributed by atoms with Gasteiger partial charge in [-0.3, -0.25) is 14.5 Å². The zero-order valence-corrected chi connectivity index (χ0v) is 22.7. The van der Waals surface area contributed by atoms with Crippen molar-refractivity contribution in [2.24, 2.45) is 11.0 Å². The molecule has 1 aliphatic heterocycles. The van der Waals surface area contributed by atoms with Gasteiger partial charge in [0.1, 0.15) is 5.00 Å². The van der Waals surface area contributed by atoms with Crippen LogP contribution in [0.25, 0.3) is 10.1 Å². The Hall–Kier alpha value is -3.85. The first kappa shape index (κ1) is 26.7. The highest BCUT2D eigenvalue weighted by Gasteiger charge is 2.22. The fraction of sp³-hybridized carbons (Fsp3) is 0.258. The van der Waals surface area contributed by atoms with Gasteiger partial charge in [-0.15, -0.1) is 11.3 Å². The minimum Gasteiger partial charge on any atom is -0.396 e. The van der Waals surface area contributed by atoms with E-state index in [1.807, 2.05) is 73.7 Å². The second-order valence-corrected chi connectivity index (χ2v) is 11.0. The van der Waals surface area contributed by atoms with E-state index in [1.54, 1.807) is 12.3 Å². The van der Waals surface area contributed by atoms with Crippen molar-refractivity contribution in [2.45, 2.75) is 26.3 Å². The number of nitrogens with zero attached hydrogens (tertiary/aromatic N) is 2. The van der Waals surface area contributed by atoms with Crippen LogP contribution in [0.1, 0.15) is 50.2 Å². The predicted molar refractivity (Wildman–Crippen MR) is 158 cm³/mol. The summed E-state index contributed by atoms with van der Waals surface area (Å²) in [5.41, 5.74) is 6.64. The number of carbonyl (C=O) groups is 2. The summed E-state index contributed by atoms with van der Waals surface area (Å²) >= 11 is 1.37. The molecule has 1 fully saturated rings. The van der Waals surface area contributed by atoms with Crippen LogP contribution in [0, 0.1) is 12.8 Å². The van der Waals surface area contributed by atoms with Gasteiger partial charge in [0.2, 0.25) is 0 Å². The van der Waals surface area contributed by atoms with E-state index in [0.717, 1.165) is 59.3 Å². The Morgan fingerprint density at radius 3 is 2.56 bits per heavy atom. The van der Waals surface area contributed by atoms with Crippen LogP contribution >= 0.6 is 11.3 Å². The van der Waals surface area contributed by atoms with Crippen LogP contribution in [0.3, 0.4) is 0 Å². The van der Waals surface area contributed by atoms with Gasteiger partial charge in [0, 0.05) is 28.8 Å². The second-order valence-electron chi connectivity index (χ2n) is 9.97. The molecule has 2 heterocycles. The Bertz CT molecular complexity index is 1490. The van der Waals surface area contributed by atoms with Gasteiger partial charge in [-0.2, -0.15) is 5.10 Å². The van der Waals surface area contributed by atoms with Crippen molar-refractivity contribution < 1.29 is 14.7 Å². The first-order valence-corrected chi connectivity index (χ1v) is 14.0. The van der Waals surface area contributed by atoms with E-state index in [2.05, 4.69) is 20.7 Å². The number of nitrogens with one attached hydrogen (secondary N) is 2. The summed E-state index contributed by atoms with van der Waals surface area (Å²) in [5.74, 6) is -0.259. The maximum atomic E-state index is 13.3. The van der Waals surface area contributed by atoms with E-state index in [0.29, 0.717) is 22.0 Å². The number of amides is 2. The van der Waals surface area contributed by atoms with Crippen molar-refractivity contribution >= 4 is 44.5 Å². The average Bonchev–Trinajstić information content (AvgIpc) is 3.32. The maximum absolute atomic E-state index is 13.3. The third-order valence-corrected chi connectivity index (χ3v) is 8.15. The molecule has 2 amide bonds. The van der Waals surface area contributed by atoms with E-state index in [9.17, 15) is 14.7 Å². The normalized spacial score (nSPS) is 14.6. The average molecular weight is 541 g/mol. The number of hydrogen-bond donors (Lipinski definition) is 3. The number of anilines is 1. The third kappa shape index (κ3) is 6.60. The van der Waals surface area contributed by atoms with Crippen molar-refractivity contribution in [2.75, 3.05) is 25.0 Å². The first-order chi connectivity index (χ1) is 19.0. The number of hydrazone groups is 1. The van der Waals surface area contributed by atoms with Crippen molar-refractivity contribution in [3.8, 4) is 0 Å². The number of aliphatic hydroxyl groups excluding tert-OH is 1. The molecular weight excluding hydrogens is 508 g/mol. The van der Waals surface area contributed by atoms with Gasteiger partial charge in [-0.1, -0.05) is 60.2 Å². The summed E-state index contributed by atoms with van der Waals surface area (Å²) in [5, 5.41) is 17.8. The van der Waals surface area contributed by atoms with Crippen molar-refractivity contribution in [1.82, 2.24) is 10.3 Å². The molecule has 0 bridgehead atoms. The van der Waals surface area contributed by atoms with Crippen molar-refractivity contribution in [1.29, 1.82) is 0 Å². The smallest absolute Gasteiger partial charge is 0.275 e. The third-order valence-electron chi connectivity index (χ3n) is 7.07. The monoisotopic (exact) mass is 540 g/mol. The molecule has 0 saturated carbocycles. The first-order valence-electron chi connectivity index (χ1n) is 13.2. The molecule has 3 N–H and O–H groups in total. The molecular formula is C31H32N4O3S. The van der Waals surface area contributed by atoms with Gasteiger partial charge in [0.05, 0.1) is 11.8 Å². The number of fused-ring (bicyclic) bond motifs is 1.